The molecule has 94 valence electrons. The zero-order valence-corrected chi connectivity index (χ0v) is 10.5. The van der Waals surface area contributed by atoms with E-state index in [1.807, 2.05) is 0 Å². The molecule has 3 N–H and O–H groups in total. The highest BCUT2D eigenvalue weighted by atomic mass is 16.1. The van der Waals surface area contributed by atoms with Gasteiger partial charge in [-0.2, -0.15) is 0 Å². The molecule has 0 bridgehead atoms. The van der Waals surface area contributed by atoms with Gasteiger partial charge in [0.15, 0.2) is 0 Å². The predicted molar refractivity (Wildman–Crippen MR) is 66.2 cm³/mol. The van der Waals surface area contributed by atoms with Gasteiger partial charge in [-0.1, -0.05) is 20.3 Å². The Kier molecular flexibility index (Phi) is 5.77. The van der Waals surface area contributed by atoms with Crippen LogP contribution in [0.5, 0.6) is 0 Å². The van der Waals surface area contributed by atoms with Gasteiger partial charge in [0.2, 0.25) is 5.91 Å². The maximum absolute atomic E-state index is 11.3. The van der Waals surface area contributed by atoms with E-state index in [1.54, 1.807) is 0 Å². The number of primary amides is 1. The van der Waals surface area contributed by atoms with Crippen molar-refractivity contribution in [2.24, 2.45) is 5.73 Å². The van der Waals surface area contributed by atoms with Crippen molar-refractivity contribution in [2.45, 2.75) is 51.6 Å². The first-order valence-electron chi connectivity index (χ1n) is 6.45. The zero-order chi connectivity index (χ0) is 12.0. The highest BCUT2D eigenvalue weighted by molar-refractivity contribution is 5.80. The Bertz CT molecular complexity index is 216. The molecule has 16 heavy (non-hydrogen) atoms. The molecule has 1 aliphatic carbocycles. The zero-order valence-electron chi connectivity index (χ0n) is 10.5. The molecule has 1 rings (SSSR count). The summed E-state index contributed by atoms with van der Waals surface area (Å²) in [6, 6.07) is 0.353. The standard InChI is InChI=1S/C12H25N3O/c1-3-5-8-15(4-2)9-11(12(13)16)14-10-6-7-10/h10-11,14H,3-9H2,1-2H3,(H2,13,16). The van der Waals surface area contributed by atoms with Crippen molar-refractivity contribution in [3.63, 3.8) is 0 Å². The second kappa shape index (κ2) is 6.86. The lowest BCUT2D eigenvalue weighted by Gasteiger charge is -2.25. The van der Waals surface area contributed by atoms with Gasteiger partial charge in [0.1, 0.15) is 0 Å². The number of likely N-dealkylation sites (N-methyl/N-ethyl adjacent to an activating group) is 1. The molecule has 0 aromatic heterocycles. The second-order valence-electron chi connectivity index (χ2n) is 4.64. The molecule has 0 spiro atoms. The van der Waals surface area contributed by atoms with Crippen LogP contribution in [-0.2, 0) is 4.79 Å². The Balaban J connectivity index is 2.34. The predicted octanol–water partition coefficient (Wildman–Crippen LogP) is 0.714. The number of nitrogens with one attached hydrogen (secondary N) is 1. The molecule has 0 aromatic rings. The lowest BCUT2D eigenvalue weighted by molar-refractivity contribution is -0.120. The molecule has 0 heterocycles. The van der Waals surface area contributed by atoms with Crippen LogP contribution in [0.1, 0.15) is 39.5 Å². The van der Waals surface area contributed by atoms with E-state index in [0.29, 0.717) is 6.04 Å². The van der Waals surface area contributed by atoms with Crippen LogP contribution in [-0.4, -0.2) is 42.5 Å². The molecule has 1 atom stereocenters. The van der Waals surface area contributed by atoms with Crippen molar-refractivity contribution in [2.75, 3.05) is 19.6 Å². The topological polar surface area (TPSA) is 58.4 Å². The molecule has 1 unspecified atom stereocenters. The fourth-order valence-electron chi connectivity index (χ4n) is 1.78. The van der Waals surface area contributed by atoms with Gasteiger partial charge < -0.3 is 16.0 Å². The van der Waals surface area contributed by atoms with E-state index in [4.69, 9.17) is 5.73 Å². The van der Waals surface area contributed by atoms with E-state index in [-0.39, 0.29) is 11.9 Å². The molecular weight excluding hydrogens is 202 g/mol. The van der Waals surface area contributed by atoms with E-state index >= 15 is 0 Å². The first-order valence-corrected chi connectivity index (χ1v) is 6.45. The molecule has 1 fully saturated rings. The third-order valence-electron chi connectivity index (χ3n) is 3.07. The SMILES string of the molecule is CCCCN(CC)CC(NC1CC1)C(N)=O. The molecule has 0 aromatic carbocycles. The minimum Gasteiger partial charge on any atom is -0.368 e. The summed E-state index contributed by atoms with van der Waals surface area (Å²) < 4.78 is 0. The average Bonchev–Trinajstić information content (AvgIpc) is 3.06. The van der Waals surface area contributed by atoms with Crippen molar-refractivity contribution in [1.29, 1.82) is 0 Å². The minimum absolute atomic E-state index is 0.177. The maximum Gasteiger partial charge on any atom is 0.235 e. The molecule has 0 saturated heterocycles. The van der Waals surface area contributed by atoms with Crippen LogP contribution in [0.25, 0.3) is 0 Å². The Morgan fingerprint density at radius 2 is 2.19 bits per heavy atom. The van der Waals surface area contributed by atoms with Gasteiger partial charge in [-0.25, -0.2) is 0 Å². The summed E-state index contributed by atoms with van der Waals surface area (Å²) in [5.74, 6) is -0.221. The summed E-state index contributed by atoms with van der Waals surface area (Å²) in [4.78, 5) is 13.6. The third-order valence-corrected chi connectivity index (χ3v) is 3.07. The van der Waals surface area contributed by atoms with Crippen molar-refractivity contribution in [1.82, 2.24) is 10.2 Å². The lowest BCUT2D eigenvalue weighted by atomic mass is 10.2. The summed E-state index contributed by atoms with van der Waals surface area (Å²) in [6.07, 6.45) is 4.74. The van der Waals surface area contributed by atoms with E-state index in [0.717, 1.165) is 19.6 Å². The van der Waals surface area contributed by atoms with Crippen LogP contribution in [0, 0.1) is 0 Å². The Morgan fingerprint density at radius 1 is 1.50 bits per heavy atom. The van der Waals surface area contributed by atoms with E-state index in [1.165, 1.54) is 25.7 Å². The first-order chi connectivity index (χ1) is 7.67. The monoisotopic (exact) mass is 227 g/mol. The number of hydrogen-bond acceptors (Lipinski definition) is 3. The van der Waals surface area contributed by atoms with Gasteiger partial charge in [-0.3, -0.25) is 4.79 Å². The van der Waals surface area contributed by atoms with Crippen LogP contribution in [0.3, 0.4) is 0 Å². The number of hydrogen-bond donors (Lipinski definition) is 2. The van der Waals surface area contributed by atoms with Crippen molar-refractivity contribution >= 4 is 5.91 Å². The number of amides is 1. The summed E-state index contributed by atoms with van der Waals surface area (Å²) in [6.45, 7) is 7.11. The van der Waals surface area contributed by atoms with Crippen molar-refractivity contribution in [3.8, 4) is 0 Å². The number of carbonyl (C=O) groups is 1. The molecule has 4 nitrogen and oxygen atoms in total. The van der Waals surface area contributed by atoms with Gasteiger partial charge in [0.05, 0.1) is 6.04 Å². The third kappa shape index (κ3) is 4.94. The van der Waals surface area contributed by atoms with Crippen LogP contribution >= 0.6 is 0 Å². The highest BCUT2D eigenvalue weighted by Crippen LogP contribution is 2.19. The van der Waals surface area contributed by atoms with Gasteiger partial charge in [0.25, 0.3) is 0 Å². The second-order valence-corrected chi connectivity index (χ2v) is 4.64. The van der Waals surface area contributed by atoms with E-state index < -0.39 is 0 Å². The number of nitrogens with zero attached hydrogens (tertiary/aromatic N) is 1. The van der Waals surface area contributed by atoms with Gasteiger partial charge >= 0.3 is 0 Å². The van der Waals surface area contributed by atoms with Crippen LogP contribution in [0.2, 0.25) is 0 Å². The fourth-order valence-corrected chi connectivity index (χ4v) is 1.78. The van der Waals surface area contributed by atoms with E-state index in [2.05, 4.69) is 24.1 Å². The highest BCUT2D eigenvalue weighted by Gasteiger charge is 2.28. The van der Waals surface area contributed by atoms with Crippen molar-refractivity contribution < 1.29 is 4.79 Å². The van der Waals surface area contributed by atoms with Gasteiger partial charge in [-0.05, 0) is 32.4 Å². The van der Waals surface area contributed by atoms with Crippen molar-refractivity contribution in [3.05, 3.63) is 0 Å². The quantitative estimate of drug-likeness (QED) is 0.610. The number of nitrogens with two attached hydrogens (primary N) is 1. The summed E-state index contributed by atoms with van der Waals surface area (Å²) >= 11 is 0. The van der Waals surface area contributed by atoms with Gasteiger partial charge in [-0.15, -0.1) is 0 Å². The summed E-state index contributed by atoms with van der Waals surface area (Å²) in [5, 5.41) is 3.32. The largest absolute Gasteiger partial charge is 0.368 e. The molecule has 1 aliphatic rings. The first kappa shape index (κ1) is 13.5. The maximum atomic E-state index is 11.3. The molecule has 1 amide bonds. The smallest absolute Gasteiger partial charge is 0.235 e. The normalized spacial score (nSPS) is 17.7. The number of rotatable bonds is 9. The lowest BCUT2D eigenvalue weighted by Crippen LogP contribution is -2.50. The molecule has 0 radical (unpaired) electrons. The van der Waals surface area contributed by atoms with Gasteiger partial charge in [0, 0.05) is 12.6 Å². The Hall–Kier alpha value is -0.610. The number of unbranched alkanes of at least 4 members (excludes halogenated alkanes) is 1. The average molecular weight is 227 g/mol. The summed E-state index contributed by atoms with van der Waals surface area (Å²) in [7, 11) is 0. The number of carbonyl (C=O) groups excluding carboxylic acids is 1. The van der Waals surface area contributed by atoms with Crippen LogP contribution in [0.4, 0.5) is 0 Å². The van der Waals surface area contributed by atoms with Crippen LogP contribution in [0.15, 0.2) is 0 Å². The summed E-state index contributed by atoms with van der Waals surface area (Å²) in [5.41, 5.74) is 5.42. The van der Waals surface area contributed by atoms with Crippen LogP contribution < -0.4 is 11.1 Å². The molecule has 1 saturated carbocycles. The minimum atomic E-state index is -0.221. The molecule has 0 aliphatic heterocycles. The Morgan fingerprint density at radius 3 is 2.62 bits per heavy atom. The van der Waals surface area contributed by atoms with E-state index in [9.17, 15) is 4.79 Å². The molecule has 4 heteroatoms. The fraction of sp³-hybridized carbons (Fsp3) is 0.917. The Labute approximate surface area is 98.6 Å². The molecular formula is C12H25N3O.